The second-order valence-corrected chi connectivity index (χ2v) is 9.90. The van der Waals surface area contributed by atoms with Crippen molar-refractivity contribution in [3.05, 3.63) is 18.2 Å². The number of carbonyl (C=O) groups is 3. The Morgan fingerprint density at radius 3 is 2.46 bits per heavy atom. The van der Waals surface area contributed by atoms with Gasteiger partial charge in [0.05, 0.1) is 25.0 Å². The van der Waals surface area contributed by atoms with Gasteiger partial charge in [0.1, 0.15) is 19.3 Å². The maximum absolute atomic E-state index is 12.5. The van der Waals surface area contributed by atoms with Gasteiger partial charge in [0.25, 0.3) is 0 Å². The topological polar surface area (TPSA) is 161 Å². The zero-order valence-corrected chi connectivity index (χ0v) is 21.7. The van der Waals surface area contributed by atoms with Crippen molar-refractivity contribution in [2.45, 2.75) is 31.1 Å². The average Bonchev–Trinajstić information content (AvgIpc) is 3.38. The molecule has 0 bridgehead atoms. The van der Waals surface area contributed by atoms with E-state index in [1.54, 1.807) is 39.9 Å². The minimum atomic E-state index is -5.08. The highest BCUT2D eigenvalue weighted by atomic mass is 32.2. The fraction of sp³-hybridized carbons (Fsp3) is 0.565. The maximum Gasteiger partial charge on any atom is 0.490 e. The van der Waals surface area contributed by atoms with Crippen LogP contribution in [-0.4, -0.2) is 107 Å². The van der Waals surface area contributed by atoms with Crippen molar-refractivity contribution in [3.63, 3.8) is 0 Å². The molecule has 1 aromatic rings. The van der Waals surface area contributed by atoms with E-state index in [0.717, 1.165) is 25.9 Å². The molecule has 3 aliphatic heterocycles. The van der Waals surface area contributed by atoms with E-state index < -0.39 is 12.1 Å². The number of benzene rings is 1. The highest BCUT2D eigenvalue weighted by Crippen LogP contribution is 2.32. The number of anilines is 1. The molecule has 0 spiro atoms. The number of piperidine rings is 1. The third-order valence-electron chi connectivity index (χ3n) is 6.13. The maximum atomic E-state index is 12.5. The molecule has 0 radical (unpaired) electrons. The first-order valence-corrected chi connectivity index (χ1v) is 13.1. The predicted molar refractivity (Wildman–Crippen MR) is 134 cm³/mol. The molecule has 2 saturated heterocycles. The SMILES string of the molecule is N#C[C@@H]1CSCN1C(=O)CN(N)C1CCN(CC(=O)Nc2ccc3c(c2)OCCO3)CC1.O=C(O)C(F)(F)F. The summed E-state index contributed by atoms with van der Waals surface area (Å²) in [5.41, 5.74) is 0.677. The van der Waals surface area contributed by atoms with Crippen molar-refractivity contribution in [1.29, 1.82) is 5.26 Å². The third kappa shape index (κ3) is 8.88. The Morgan fingerprint density at radius 2 is 1.85 bits per heavy atom. The first-order valence-electron chi connectivity index (χ1n) is 12.0. The number of carboxylic acid groups (broad SMARTS) is 1. The van der Waals surface area contributed by atoms with Gasteiger partial charge in [-0.2, -0.15) is 18.4 Å². The van der Waals surface area contributed by atoms with E-state index in [4.69, 9.17) is 30.5 Å². The number of hydrogen-bond donors (Lipinski definition) is 3. The van der Waals surface area contributed by atoms with Crippen molar-refractivity contribution >= 4 is 35.2 Å². The molecule has 1 aromatic carbocycles. The van der Waals surface area contributed by atoms with Crippen LogP contribution in [0.4, 0.5) is 18.9 Å². The molecule has 0 saturated carbocycles. The summed E-state index contributed by atoms with van der Waals surface area (Å²) in [6.45, 7) is 2.87. The zero-order valence-electron chi connectivity index (χ0n) is 20.9. The quantitative estimate of drug-likeness (QED) is 0.330. The molecule has 214 valence electrons. The lowest BCUT2D eigenvalue weighted by Crippen LogP contribution is -2.53. The van der Waals surface area contributed by atoms with Crippen LogP contribution in [-0.2, 0) is 14.4 Å². The second kappa shape index (κ2) is 13.7. The number of aliphatic carboxylic acids is 1. The minimum Gasteiger partial charge on any atom is -0.486 e. The van der Waals surface area contributed by atoms with Crippen LogP contribution in [0, 0.1) is 11.3 Å². The number of thioether (sulfide) groups is 1. The summed E-state index contributed by atoms with van der Waals surface area (Å²) < 4.78 is 42.8. The van der Waals surface area contributed by atoms with Gasteiger partial charge in [-0.3, -0.25) is 20.3 Å². The first-order chi connectivity index (χ1) is 18.5. The Kier molecular flexibility index (Phi) is 10.6. The molecule has 2 amide bonds. The molecule has 0 aliphatic carbocycles. The number of hydrogen-bond acceptors (Lipinski definition) is 10. The number of nitrogens with two attached hydrogens (primary N) is 1. The van der Waals surface area contributed by atoms with E-state index >= 15 is 0 Å². The number of nitrogens with zero attached hydrogens (tertiary/aromatic N) is 4. The molecule has 3 heterocycles. The van der Waals surface area contributed by atoms with Crippen LogP contribution in [0.25, 0.3) is 0 Å². The van der Waals surface area contributed by atoms with Gasteiger partial charge >= 0.3 is 12.1 Å². The number of rotatable bonds is 6. The fourth-order valence-corrected chi connectivity index (χ4v) is 5.21. The van der Waals surface area contributed by atoms with Crippen molar-refractivity contribution < 1.29 is 42.1 Å². The van der Waals surface area contributed by atoms with Gasteiger partial charge < -0.3 is 24.8 Å². The molecule has 0 aromatic heterocycles. The van der Waals surface area contributed by atoms with Crippen molar-refractivity contribution in [3.8, 4) is 17.6 Å². The first kappa shape index (κ1) is 30.3. The molecule has 1 atom stereocenters. The number of carboxylic acids is 1. The molecule has 3 aliphatic rings. The largest absolute Gasteiger partial charge is 0.490 e. The molecule has 2 fully saturated rings. The number of amides is 2. The van der Waals surface area contributed by atoms with Gasteiger partial charge in [0, 0.05) is 36.6 Å². The smallest absolute Gasteiger partial charge is 0.486 e. The Morgan fingerprint density at radius 1 is 1.21 bits per heavy atom. The van der Waals surface area contributed by atoms with Crippen LogP contribution in [0.2, 0.25) is 0 Å². The van der Waals surface area contributed by atoms with Crippen LogP contribution in [0.3, 0.4) is 0 Å². The number of likely N-dealkylation sites (tertiary alicyclic amines) is 1. The molecule has 4 rings (SSSR count). The van der Waals surface area contributed by atoms with E-state index in [-0.39, 0.29) is 30.4 Å². The number of ether oxygens (including phenoxy) is 2. The lowest BCUT2D eigenvalue weighted by Gasteiger charge is -2.36. The summed E-state index contributed by atoms with van der Waals surface area (Å²) in [6.07, 6.45) is -3.53. The summed E-state index contributed by atoms with van der Waals surface area (Å²) in [4.78, 5) is 37.6. The Hall–Kier alpha value is -3.26. The molecular weight excluding hydrogens is 545 g/mol. The van der Waals surface area contributed by atoms with Crippen LogP contribution >= 0.6 is 11.8 Å². The number of nitriles is 1. The van der Waals surface area contributed by atoms with Gasteiger partial charge in [0.15, 0.2) is 11.5 Å². The van der Waals surface area contributed by atoms with Crippen LogP contribution in [0.15, 0.2) is 18.2 Å². The van der Waals surface area contributed by atoms with Crippen molar-refractivity contribution in [2.24, 2.45) is 5.84 Å². The van der Waals surface area contributed by atoms with Crippen LogP contribution in [0.1, 0.15) is 12.8 Å². The second-order valence-electron chi connectivity index (χ2n) is 8.90. The van der Waals surface area contributed by atoms with Gasteiger partial charge in [0.2, 0.25) is 11.8 Å². The monoisotopic (exact) mass is 574 g/mol. The van der Waals surface area contributed by atoms with Gasteiger partial charge in [-0.15, -0.1) is 11.8 Å². The molecule has 12 nitrogen and oxygen atoms in total. The molecule has 4 N–H and O–H groups in total. The summed E-state index contributed by atoms with van der Waals surface area (Å²) >= 11 is 1.58. The number of fused-ring (bicyclic) bond motifs is 1. The number of halogens is 3. The van der Waals surface area contributed by atoms with Crippen LogP contribution < -0.4 is 20.6 Å². The van der Waals surface area contributed by atoms with E-state index in [1.807, 2.05) is 0 Å². The summed E-state index contributed by atoms with van der Waals surface area (Å²) in [5.74, 6) is 5.76. The van der Waals surface area contributed by atoms with Crippen LogP contribution in [0.5, 0.6) is 11.5 Å². The summed E-state index contributed by atoms with van der Waals surface area (Å²) in [5, 5.41) is 20.8. The highest BCUT2D eigenvalue weighted by Gasteiger charge is 2.38. The normalized spacial score (nSPS) is 19.6. The van der Waals surface area contributed by atoms with E-state index in [0.29, 0.717) is 48.6 Å². The Labute approximate surface area is 226 Å². The van der Waals surface area contributed by atoms with Gasteiger partial charge in [-0.25, -0.2) is 9.80 Å². The molecule has 39 heavy (non-hydrogen) atoms. The highest BCUT2D eigenvalue weighted by molar-refractivity contribution is 7.99. The third-order valence-corrected chi connectivity index (χ3v) is 7.14. The molecule has 0 unspecified atom stereocenters. The number of alkyl halides is 3. The fourth-order valence-electron chi connectivity index (χ4n) is 4.11. The van der Waals surface area contributed by atoms with E-state index in [9.17, 15) is 22.8 Å². The average molecular weight is 575 g/mol. The number of hydrazine groups is 1. The van der Waals surface area contributed by atoms with Crippen molar-refractivity contribution in [1.82, 2.24) is 14.8 Å². The molecule has 16 heteroatoms. The van der Waals surface area contributed by atoms with E-state index in [1.165, 1.54) is 0 Å². The van der Waals surface area contributed by atoms with Gasteiger partial charge in [-0.1, -0.05) is 0 Å². The standard InChI is InChI=1S/C21H28N6O4S.C2HF3O2/c22-10-17-13-32-14-26(17)21(29)12-27(23)16-3-5-25(6-4-16)11-20(28)24-15-1-2-18-19(9-15)31-8-7-30-18;3-2(4,5)1(6)7/h1-2,9,16-17H,3-8,11-14,23H2,(H,24,28);(H,6,7)/t17-;/m1./s1. The number of carbonyl (C=O) groups excluding carboxylic acids is 2. The summed E-state index contributed by atoms with van der Waals surface area (Å²) in [7, 11) is 0. The van der Waals surface area contributed by atoms with Gasteiger partial charge in [-0.05, 0) is 25.0 Å². The Balaban J connectivity index is 0.000000532. The van der Waals surface area contributed by atoms with Crippen molar-refractivity contribution in [2.75, 3.05) is 56.3 Å². The minimum absolute atomic E-state index is 0.0758. The Bertz CT molecular complexity index is 1080. The predicted octanol–water partition coefficient (Wildman–Crippen LogP) is 1.09. The zero-order chi connectivity index (χ0) is 28.6. The van der Waals surface area contributed by atoms with E-state index in [2.05, 4.69) is 16.3 Å². The lowest BCUT2D eigenvalue weighted by molar-refractivity contribution is -0.192. The summed E-state index contributed by atoms with van der Waals surface area (Å²) in [6, 6.07) is 7.26. The molecular formula is C23H29F3N6O6S. The number of nitrogens with one attached hydrogen (secondary N) is 1. The lowest BCUT2D eigenvalue weighted by atomic mass is 10.0.